The maximum atomic E-state index is 11.8. The Morgan fingerprint density at radius 3 is 2.60 bits per heavy atom. The van der Waals surface area contributed by atoms with Crippen molar-refractivity contribution in [2.45, 2.75) is 25.7 Å². The van der Waals surface area contributed by atoms with Crippen LogP contribution in [0, 0.1) is 11.8 Å². The fourth-order valence-corrected chi connectivity index (χ4v) is 4.69. The van der Waals surface area contributed by atoms with Gasteiger partial charge >= 0.3 is 0 Å². The molecule has 1 N–H and O–H groups in total. The largest absolute Gasteiger partial charge is 0.387 e. The van der Waals surface area contributed by atoms with Gasteiger partial charge in [-0.15, -0.1) is 0 Å². The van der Waals surface area contributed by atoms with E-state index in [0.717, 1.165) is 25.9 Å². The summed E-state index contributed by atoms with van der Waals surface area (Å²) in [4.78, 5) is 16.2. The molecule has 4 rings (SSSR count). The van der Waals surface area contributed by atoms with Crippen LogP contribution in [0.4, 0.5) is 0 Å². The summed E-state index contributed by atoms with van der Waals surface area (Å²) in [5, 5.41) is 9.09. The average Bonchev–Trinajstić information content (AvgIpc) is 3.36. The second kappa shape index (κ2) is 7.30. The van der Waals surface area contributed by atoms with Gasteiger partial charge in [0.1, 0.15) is 6.61 Å². The maximum Gasteiger partial charge on any atom is 0.248 e. The Hall–Kier alpha value is -1.65. The number of aliphatic hydroxyl groups is 1. The van der Waals surface area contributed by atoms with Crippen LogP contribution in [0.2, 0.25) is 0 Å². The third-order valence-corrected chi connectivity index (χ3v) is 6.17. The number of benzene rings is 1. The smallest absolute Gasteiger partial charge is 0.248 e. The van der Waals surface area contributed by atoms with E-state index >= 15 is 0 Å². The standard InChI is InChI=1S/C21H28N2O2/c24-15-21(25)23-13-18-7-8-19(20(18)14-23)17-5-3-16(4-6-17)9-12-22-10-1-2-11-22/h3-6,8,18,20,24H,1-2,7,9-15H2/t18-,20+/m0/s1. The van der Waals surface area contributed by atoms with Gasteiger partial charge in [-0.2, -0.15) is 0 Å². The minimum Gasteiger partial charge on any atom is -0.387 e. The molecular weight excluding hydrogens is 312 g/mol. The number of hydrogen-bond donors (Lipinski definition) is 1. The molecule has 1 aliphatic carbocycles. The molecule has 2 saturated heterocycles. The van der Waals surface area contributed by atoms with Crippen LogP contribution in [0.1, 0.15) is 30.4 Å². The number of carbonyl (C=O) groups excluding carboxylic acids is 1. The van der Waals surface area contributed by atoms with Crippen LogP contribution in [-0.4, -0.2) is 60.1 Å². The second-order valence-corrected chi connectivity index (χ2v) is 7.71. The molecule has 0 aromatic heterocycles. The van der Waals surface area contributed by atoms with Crippen molar-refractivity contribution >= 4 is 11.5 Å². The molecule has 0 radical (unpaired) electrons. The van der Waals surface area contributed by atoms with Gasteiger partial charge in [0, 0.05) is 25.6 Å². The van der Waals surface area contributed by atoms with E-state index in [1.807, 2.05) is 4.90 Å². The first-order chi connectivity index (χ1) is 12.2. The Kier molecular flexibility index (Phi) is 4.91. The number of carbonyl (C=O) groups is 1. The highest BCUT2D eigenvalue weighted by Crippen LogP contribution is 2.42. The Morgan fingerprint density at radius 2 is 1.88 bits per heavy atom. The Morgan fingerprint density at radius 1 is 1.12 bits per heavy atom. The highest BCUT2D eigenvalue weighted by molar-refractivity contribution is 5.79. The third-order valence-electron chi connectivity index (χ3n) is 6.17. The normalized spacial score (nSPS) is 26.1. The predicted molar refractivity (Wildman–Crippen MR) is 99.1 cm³/mol. The van der Waals surface area contributed by atoms with E-state index in [1.54, 1.807) is 0 Å². The fourth-order valence-electron chi connectivity index (χ4n) is 4.69. The van der Waals surface area contributed by atoms with Gasteiger partial charge in [0.05, 0.1) is 0 Å². The summed E-state index contributed by atoms with van der Waals surface area (Å²) in [6.07, 6.45) is 7.24. The first kappa shape index (κ1) is 16.8. The van der Waals surface area contributed by atoms with Crippen LogP contribution >= 0.6 is 0 Å². The zero-order valence-electron chi connectivity index (χ0n) is 14.9. The number of rotatable bonds is 5. The summed E-state index contributed by atoms with van der Waals surface area (Å²) in [5.74, 6) is 0.831. The fraction of sp³-hybridized carbons (Fsp3) is 0.571. The number of hydrogen-bond acceptors (Lipinski definition) is 3. The van der Waals surface area contributed by atoms with E-state index in [1.165, 1.54) is 49.2 Å². The molecule has 1 aromatic rings. The molecule has 4 nitrogen and oxygen atoms in total. The first-order valence-corrected chi connectivity index (χ1v) is 9.65. The summed E-state index contributed by atoms with van der Waals surface area (Å²) in [6.45, 7) is 4.87. The van der Waals surface area contributed by atoms with Crippen molar-refractivity contribution in [2.24, 2.45) is 11.8 Å². The van der Waals surface area contributed by atoms with E-state index < -0.39 is 0 Å². The van der Waals surface area contributed by atoms with E-state index in [9.17, 15) is 4.79 Å². The Balaban J connectivity index is 1.38. The van der Waals surface area contributed by atoms with Crippen LogP contribution in [0.25, 0.3) is 5.57 Å². The molecule has 1 aromatic carbocycles. The van der Waals surface area contributed by atoms with Gasteiger partial charge in [-0.05, 0) is 61.4 Å². The summed E-state index contributed by atoms with van der Waals surface area (Å²) in [5.41, 5.74) is 4.11. The number of likely N-dealkylation sites (tertiary alicyclic amines) is 2. The summed E-state index contributed by atoms with van der Waals surface area (Å²) >= 11 is 0. The summed E-state index contributed by atoms with van der Waals surface area (Å²) in [6, 6.07) is 9.05. The summed E-state index contributed by atoms with van der Waals surface area (Å²) in [7, 11) is 0. The van der Waals surface area contributed by atoms with Crippen molar-refractivity contribution < 1.29 is 9.90 Å². The van der Waals surface area contributed by atoms with E-state index in [4.69, 9.17) is 5.11 Å². The lowest BCUT2D eigenvalue weighted by molar-refractivity contribution is -0.133. The van der Waals surface area contributed by atoms with Crippen molar-refractivity contribution in [1.82, 2.24) is 9.80 Å². The van der Waals surface area contributed by atoms with E-state index in [0.29, 0.717) is 11.8 Å². The highest BCUT2D eigenvalue weighted by atomic mass is 16.3. The number of aliphatic hydroxyl groups excluding tert-OH is 1. The number of fused-ring (bicyclic) bond motifs is 1. The molecule has 134 valence electrons. The van der Waals surface area contributed by atoms with E-state index in [2.05, 4.69) is 35.2 Å². The molecule has 0 saturated carbocycles. The minimum atomic E-state index is -0.371. The lowest BCUT2D eigenvalue weighted by Gasteiger charge is -2.17. The topological polar surface area (TPSA) is 43.8 Å². The van der Waals surface area contributed by atoms with Gasteiger partial charge in [-0.1, -0.05) is 30.3 Å². The molecule has 4 heteroatoms. The molecule has 0 unspecified atom stereocenters. The molecule has 2 heterocycles. The molecule has 0 spiro atoms. The van der Waals surface area contributed by atoms with Gasteiger partial charge in [0.15, 0.2) is 0 Å². The molecule has 2 fully saturated rings. The monoisotopic (exact) mass is 340 g/mol. The van der Waals surface area contributed by atoms with Crippen molar-refractivity contribution in [3.8, 4) is 0 Å². The van der Waals surface area contributed by atoms with Crippen molar-refractivity contribution in [2.75, 3.05) is 39.3 Å². The molecule has 2 aliphatic heterocycles. The predicted octanol–water partition coefficient (Wildman–Crippen LogP) is 2.18. The van der Waals surface area contributed by atoms with Crippen LogP contribution in [-0.2, 0) is 11.2 Å². The number of amides is 1. The maximum absolute atomic E-state index is 11.8. The van der Waals surface area contributed by atoms with Gasteiger partial charge in [-0.3, -0.25) is 4.79 Å². The lowest BCUT2D eigenvalue weighted by Crippen LogP contribution is -2.31. The van der Waals surface area contributed by atoms with Crippen LogP contribution < -0.4 is 0 Å². The van der Waals surface area contributed by atoms with Crippen LogP contribution in [0.15, 0.2) is 30.3 Å². The number of allylic oxidation sites excluding steroid dienone is 1. The zero-order chi connectivity index (χ0) is 17.2. The molecule has 2 atom stereocenters. The average molecular weight is 340 g/mol. The van der Waals surface area contributed by atoms with E-state index in [-0.39, 0.29) is 12.5 Å². The Labute approximate surface area is 150 Å². The zero-order valence-corrected chi connectivity index (χ0v) is 14.9. The second-order valence-electron chi connectivity index (χ2n) is 7.71. The SMILES string of the molecule is O=C(CO)N1C[C@@H]2CC=C(c3ccc(CCN4CCCC4)cc3)[C@@H]2C1. The molecule has 3 aliphatic rings. The first-order valence-electron chi connectivity index (χ1n) is 9.65. The highest BCUT2D eigenvalue weighted by Gasteiger charge is 2.39. The van der Waals surface area contributed by atoms with Crippen LogP contribution in [0.3, 0.4) is 0 Å². The molecule has 1 amide bonds. The molecule has 0 bridgehead atoms. The quantitative estimate of drug-likeness (QED) is 0.893. The van der Waals surface area contributed by atoms with Gasteiger partial charge < -0.3 is 14.9 Å². The van der Waals surface area contributed by atoms with Crippen molar-refractivity contribution in [1.29, 1.82) is 0 Å². The van der Waals surface area contributed by atoms with Gasteiger partial charge in [0.25, 0.3) is 0 Å². The summed E-state index contributed by atoms with van der Waals surface area (Å²) < 4.78 is 0. The minimum absolute atomic E-state index is 0.133. The molecule has 25 heavy (non-hydrogen) atoms. The number of nitrogens with zero attached hydrogens (tertiary/aromatic N) is 2. The van der Waals surface area contributed by atoms with Gasteiger partial charge in [0.2, 0.25) is 5.91 Å². The Bertz CT molecular complexity index is 646. The van der Waals surface area contributed by atoms with Gasteiger partial charge in [-0.25, -0.2) is 0 Å². The van der Waals surface area contributed by atoms with Crippen molar-refractivity contribution in [3.05, 3.63) is 41.5 Å². The molecular formula is C21H28N2O2. The van der Waals surface area contributed by atoms with Crippen LogP contribution in [0.5, 0.6) is 0 Å². The third kappa shape index (κ3) is 3.51. The van der Waals surface area contributed by atoms with Crippen molar-refractivity contribution in [3.63, 3.8) is 0 Å². The lowest BCUT2D eigenvalue weighted by atomic mass is 9.90.